The van der Waals surface area contributed by atoms with Gasteiger partial charge in [0.2, 0.25) is 5.91 Å². The monoisotopic (exact) mass is 365 g/mol. The molecule has 7 nitrogen and oxygen atoms in total. The Morgan fingerprint density at radius 2 is 1.85 bits per heavy atom. The standard InChI is InChI=1S/C20H23N5O2/c1-24(2)13-11-21-19(26)14-25-12-10-18(23-25)22-20(27)17-9-5-7-15-6-3-4-8-16(15)17/h3-10,12H,11,13-14H2,1-2H3,(H,21,26)(H,22,23,27). The molecule has 2 aromatic carbocycles. The summed E-state index contributed by atoms with van der Waals surface area (Å²) >= 11 is 0. The van der Waals surface area contributed by atoms with Gasteiger partial charge in [-0.3, -0.25) is 14.3 Å². The van der Waals surface area contributed by atoms with Crippen LogP contribution in [-0.4, -0.2) is 53.7 Å². The van der Waals surface area contributed by atoms with E-state index in [1.165, 1.54) is 4.68 Å². The van der Waals surface area contributed by atoms with Crippen molar-refractivity contribution in [1.82, 2.24) is 20.0 Å². The van der Waals surface area contributed by atoms with Crippen molar-refractivity contribution >= 4 is 28.4 Å². The summed E-state index contributed by atoms with van der Waals surface area (Å²) in [7, 11) is 3.90. The molecular formula is C20H23N5O2. The average molecular weight is 365 g/mol. The molecule has 0 bridgehead atoms. The lowest BCUT2D eigenvalue weighted by molar-refractivity contribution is -0.121. The Kier molecular flexibility index (Phi) is 5.83. The third-order valence-electron chi connectivity index (χ3n) is 4.10. The fraction of sp³-hybridized carbons (Fsp3) is 0.250. The van der Waals surface area contributed by atoms with Crippen LogP contribution in [-0.2, 0) is 11.3 Å². The van der Waals surface area contributed by atoms with Crippen LogP contribution in [0, 0.1) is 0 Å². The molecule has 0 unspecified atom stereocenters. The number of hydrogen-bond acceptors (Lipinski definition) is 4. The molecule has 0 saturated carbocycles. The van der Waals surface area contributed by atoms with E-state index in [4.69, 9.17) is 0 Å². The van der Waals surface area contributed by atoms with Crippen LogP contribution >= 0.6 is 0 Å². The Labute approximate surface area is 158 Å². The second kappa shape index (κ2) is 8.46. The van der Waals surface area contributed by atoms with E-state index >= 15 is 0 Å². The van der Waals surface area contributed by atoms with Crippen molar-refractivity contribution in [3.8, 4) is 0 Å². The Hall–Kier alpha value is -3.19. The van der Waals surface area contributed by atoms with Crippen LogP contribution in [0.1, 0.15) is 10.4 Å². The van der Waals surface area contributed by atoms with Crippen molar-refractivity contribution in [3.05, 3.63) is 60.3 Å². The molecule has 2 amide bonds. The van der Waals surface area contributed by atoms with E-state index in [2.05, 4.69) is 15.7 Å². The molecule has 1 heterocycles. The molecule has 0 spiro atoms. The van der Waals surface area contributed by atoms with E-state index in [1.54, 1.807) is 18.3 Å². The Bertz CT molecular complexity index is 943. The highest BCUT2D eigenvalue weighted by atomic mass is 16.2. The smallest absolute Gasteiger partial charge is 0.257 e. The van der Waals surface area contributed by atoms with Crippen molar-refractivity contribution in [2.75, 3.05) is 32.5 Å². The summed E-state index contributed by atoms with van der Waals surface area (Å²) in [6.45, 7) is 1.46. The zero-order valence-electron chi connectivity index (χ0n) is 15.5. The van der Waals surface area contributed by atoms with Crippen LogP contribution in [0.15, 0.2) is 54.7 Å². The fourth-order valence-corrected chi connectivity index (χ4v) is 2.75. The van der Waals surface area contributed by atoms with Gasteiger partial charge >= 0.3 is 0 Å². The molecule has 0 atom stereocenters. The number of carbonyl (C=O) groups excluding carboxylic acids is 2. The SMILES string of the molecule is CN(C)CCNC(=O)Cn1ccc(NC(=O)c2cccc3ccccc23)n1. The number of anilines is 1. The van der Waals surface area contributed by atoms with Crippen LogP contribution in [0.2, 0.25) is 0 Å². The summed E-state index contributed by atoms with van der Waals surface area (Å²) in [5.74, 6) is 0.0633. The van der Waals surface area contributed by atoms with E-state index in [1.807, 2.05) is 55.4 Å². The Morgan fingerprint density at radius 3 is 2.67 bits per heavy atom. The van der Waals surface area contributed by atoms with Gasteiger partial charge in [0.15, 0.2) is 5.82 Å². The van der Waals surface area contributed by atoms with Gasteiger partial charge in [-0.2, -0.15) is 5.10 Å². The first kappa shape index (κ1) is 18.6. The van der Waals surface area contributed by atoms with Gasteiger partial charge in [0.25, 0.3) is 5.91 Å². The molecule has 27 heavy (non-hydrogen) atoms. The van der Waals surface area contributed by atoms with Crippen molar-refractivity contribution < 1.29 is 9.59 Å². The topological polar surface area (TPSA) is 79.3 Å². The number of likely N-dealkylation sites (N-methyl/N-ethyl adjacent to an activating group) is 1. The number of amides is 2. The average Bonchev–Trinajstić information content (AvgIpc) is 3.07. The summed E-state index contributed by atoms with van der Waals surface area (Å²) in [6, 6.07) is 15.0. The maximum absolute atomic E-state index is 12.6. The molecule has 1 aromatic heterocycles. The number of nitrogens with zero attached hydrogens (tertiary/aromatic N) is 3. The minimum absolute atomic E-state index is 0.109. The number of fused-ring (bicyclic) bond motifs is 1. The molecule has 0 aliphatic rings. The van der Waals surface area contributed by atoms with Crippen molar-refractivity contribution in [1.29, 1.82) is 0 Å². The summed E-state index contributed by atoms with van der Waals surface area (Å²) in [5, 5.41) is 11.8. The van der Waals surface area contributed by atoms with Crippen LogP contribution < -0.4 is 10.6 Å². The number of hydrogen-bond donors (Lipinski definition) is 2. The molecule has 2 N–H and O–H groups in total. The lowest BCUT2D eigenvalue weighted by Gasteiger charge is -2.10. The van der Waals surface area contributed by atoms with E-state index in [-0.39, 0.29) is 18.4 Å². The predicted octanol–water partition coefficient (Wildman–Crippen LogP) is 1.97. The number of rotatable bonds is 7. The maximum Gasteiger partial charge on any atom is 0.257 e. The molecule has 0 saturated heterocycles. The minimum Gasteiger partial charge on any atom is -0.353 e. The quantitative estimate of drug-likeness (QED) is 0.671. The first-order valence-electron chi connectivity index (χ1n) is 8.77. The molecule has 0 radical (unpaired) electrons. The number of benzene rings is 2. The molecule has 7 heteroatoms. The van der Waals surface area contributed by atoms with Crippen LogP contribution in [0.3, 0.4) is 0 Å². The van der Waals surface area contributed by atoms with Gasteiger partial charge in [0.1, 0.15) is 6.54 Å². The van der Waals surface area contributed by atoms with Crippen molar-refractivity contribution in [2.45, 2.75) is 6.54 Å². The van der Waals surface area contributed by atoms with Gasteiger partial charge in [-0.05, 0) is 30.9 Å². The van der Waals surface area contributed by atoms with E-state index in [0.29, 0.717) is 17.9 Å². The number of carbonyl (C=O) groups is 2. The molecule has 0 aliphatic carbocycles. The van der Waals surface area contributed by atoms with Gasteiger partial charge in [-0.1, -0.05) is 36.4 Å². The van der Waals surface area contributed by atoms with Crippen LogP contribution in [0.5, 0.6) is 0 Å². The normalized spacial score (nSPS) is 10.9. The second-order valence-corrected chi connectivity index (χ2v) is 6.53. The first-order chi connectivity index (χ1) is 13.0. The molecule has 3 aromatic rings. The molecule has 140 valence electrons. The lowest BCUT2D eigenvalue weighted by Crippen LogP contribution is -2.33. The highest BCUT2D eigenvalue weighted by Gasteiger charge is 2.12. The first-order valence-corrected chi connectivity index (χ1v) is 8.77. The summed E-state index contributed by atoms with van der Waals surface area (Å²) in [4.78, 5) is 26.5. The molecular weight excluding hydrogens is 342 g/mol. The summed E-state index contributed by atoms with van der Waals surface area (Å²) in [5.41, 5.74) is 0.587. The Balaban J connectivity index is 1.62. The number of aromatic nitrogens is 2. The lowest BCUT2D eigenvalue weighted by atomic mass is 10.0. The maximum atomic E-state index is 12.6. The third kappa shape index (κ3) is 4.92. The Morgan fingerprint density at radius 1 is 1.07 bits per heavy atom. The summed E-state index contributed by atoms with van der Waals surface area (Å²) in [6.07, 6.45) is 1.67. The van der Waals surface area contributed by atoms with Crippen LogP contribution in [0.4, 0.5) is 5.82 Å². The van der Waals surface area contributed by atoms with Crippen molar-refractivity contribution in [3.63, 3.8) is 0 Å². The summed E-state index contributed by atoms with van der Waals surface area (Å²) < 4.78 is 1.50. The zero-order chi connectivity index (χ0) is 19.2. The highest BCUT2D eigenvalue weighted by molar-refractivity contribution is 6.12. The van der Waals surface area contributed by atoms with Gasteiger partial charge < -0.3 is 15.5 Å². The highest BCUT2D eigenvalue weighted by Crippen LogP contribution is 2.19. The minimum atomic E-state index is -0.229. The van der Waals surface area contributed by atoms with Crippen LogP contribution in [0.25, 0.3) is 10.8 Å². The van der Waals surface area contributed by atoms with Gasteiger partial charge in [-0.25, -0.2) is 0 Å². The van der Waals surface area contributed by atoms with E-state index < -0.39 is 0 Å². The van der Waals surface area contributed by atoms with E-state index in [9.17, 15) is 9.59 Å². The molecule has 0 fully saturated rings. The van der Waals surface area contributed by atoms with Gasteiger partial charge in [-0.15, -0.1) is 0 Å². The third-order valence-corrected chi connectivity index (χ3v) is 4.10. The predicted molar refractivity (Wildman–Crippen MR) is 106 cm³/mol. The molecule has 0 aliphatic heterocycles. The van der Waals surface area contributed by atoms with Crippen molar-refractivity contribution in [2.24, 2.45) is 0 Å². The molecule has 3 rings (SSSR count). The second-order valence-electron chi connectivity index (χ2n) is 6.53. The van der Waals surface area contributed by atoms with E-state index in [0.717, 1.165) is 17.3 Å². The largest absolute Gasteiger partial charge is 0.353 e. The zero-order valence-corrected chi connectivity index (χ0v) is 15.5. The van der Waals surface area contributed by atoms with Gasteiger partial charge in [0, 0.05) is 30.9 Å². The fourth-order valence-electron chi connectivity index (χ4n) is 2.75. The number of nitrogens with one attached hydrogen (secondary N) is 2. The van der Waals surface area contributed by atoms with Gasteiger partial charge in [0.05, 0.1) is 0 Å².